The van der Waals surface area contributed by atoms with Gasteiger partial charge >= 0.3 is 6.09 Å². The topological polar surface area (TPSA) is 54.5 Å². The van der Waals surface area contributed by atoms with E-state index in [2.05, 4.69) is 31.1 Å². The van der Waals surface area contributed by atoms with Gasteiger partial charge < -0.3 is 15.0 Å². The van der Waals surface area contributed by atoms with Gasteiger partial charge in [-0.25, -0.2) is 9.78 Å². The average molecular weight is 356 g/mol. The minimum absolute atomic E-state index is 0.109. The van der Waals surface area contributed by atoms with Crippen LogP contribution in [0, 0.1) is 0 Å². The van der Waals surface area contributed by atoms with Crippen LogP contribution in [0.3, 0.4) is 0 Å². The van der Waals surface area contributed by atoms with E-state index < -0.39 is 5.60 Å². The number of hydrogen-bond donors (Lipinski definition) is 1. The van der Waals surface area contributed by atoms with Gasteiger partial charge in [-0.3, -0.25) is 0 Å². The second kappa shape index (κ2) is 6.64. The van der Waals surface area contributed by atoms with E-state index >= 15 is 0 Å². The van der Waals surface area contributed by atoms with Crippen LogP contribution in [0.1, 0.15) is 33.6 Å². The fraction of sp³-hybridized carbons (Fsp3) is 0.600. The molecule has 1 atom stereocenters. The first-order chi connectivity index (χ1) is 9.83. The predicted molar refractivity (Wildman–Crippen MR) is 86.5 cm³/mol. The SMILES string of the molecule is CC(C)(C)OC(=O)N[C@H]1CCCN(c2ccc(Br)nc2)C1. The van der Waals surface area contributed by atoms with Crippen molar-refractivity contribution in [1.82, 2.24) is 10.3 Å². The molecule has 21 heavy (non-hydrogen) atoms. The zero-order valence-electron chi connectivity index (χ0n) is 12.7. The summed E-state index contributed by atoms with van der Waals surface area (Å²) < 4.78 is 6.14. The molecule has 2 rings (SSSR count). The summed E-state index contributed by atoms with van der Waals surface area (Å²) in [5.74, 6) is 0. The Morgan fingerprint density at radius 3 is 2.86 bits per heavy atom. The molecular formula is C15H22BrN3O2. The molecule has 0 saturated carbocycles. The standard InChI is InChI=1S/C15H22BrN3O2/c1-15(2,3)21-14(20)18-11-5-4-8-19(10-11)12-6-7-13(16)17-9-12/h6-7,9,11H,4-5,8,10H2,1-3H3,(H,18,20)/t11-/m0/s1. The molecule has 1 amide bonds. The number of hydrogen-bond acceptors (Lipinski definition) is 4. The van der Waals surface area contributed by atoms with Crippen LogP contribution in [-0.2, 0) is 4.74 Å². The highest BCUT2D eigenvalue weighted by Gasteiger charge is 2.24. The summed E-state index contributed by atoms with van der Waals surface area (Å²) in [6, 6.07) is 4.07. The normalized spacial score (nSPS) is 19.2. The largest absolute Gasteiger partial charge is 0.444 e. The number of piperidine rings is 1. The van der Waals surface area contributed by atoms with Gasteiger partial charge in [0.1, 0.15) is 10.2 Å². The number of rotatable bonds is 2. The number of carbonyl (C=O) groups excluding carboxylic acids is 1. The van der Waals surface area contributed by atoms with Crippen molar-refractivity contribution in [3.8, 4) is 0 Å². The molecule has 1 aromatic heterocycles. The first-order valence-corrected chi connectivity index (χ1v) is 7.99. The lowest BCUT2D eigenvalue weighted by Crippen LogP contribution is -2.49. The van der Waals surface area contributed by atoms with Crippen LogP contribution < -0.4 is 10.2 Å². The molecule has 1 fully saturated rings. The van der Waals surface area contributed by atoms with Crippen LogP contribution in [0.5, 0.6) is 0 Å². The number of carbonyl (C=O) groups is 1. The molecule has 2 heterocycles. The number of halogens is 1. The van der Waals surface area contributed by atoms with Gasteiger partial charge in [0.15, 0.2) is 0 Å². The minimum atomic E-state index is -0.464. The van der Waals surface area contributed by atoms with E-state index in [9.17, 15) is 4.79 Å². The van der Waals surface area contributed by atoms with Gasteiger partial charge in [0.2, 0.25) is 0 Å². The smallest absolute Gasteiger partial charge is 0.407 e. The van der Waals surface area contributed by atoms with Crippen molar-refractivity contribution in [2.24, 2.45) is 0 Å². The second-order valence-electron chi connectivity index (χ2n) is 6.27. The Bertz CT molecular complexity index is 485. The predicted octanol–water partition coefficient (Wildman–Crippen LogP) is 3.34. The van der Waals surface area contributed by atoms with Crippen molar-refractivity contribution in [2.75, 3.05) is 18.0 Å². The molecule has 1 saturated heterocycles. The Morgan fingerprint density at radius 2 is 2.24 bits per heavy atom. The summed E-state index contributed by atoms with van der Waals surface area (Å²) in [5, 5.41) is 2.95. The maximum absolute atomic E-state index is 11.8. The molecule has 0 radical (unpaired) electrons. The molecule has 0 unspecified atom stereocenters. The summed E-state index contributed by atoms with van der Waals surface area (Å²) >= 11 is 3.34. The Morgan fingerprint density at radius 1 is 1.48 bits per heavy atom. The van der Waals surface area contributed by atoms with Crippen LogP contribution in [-0.4, -0.2) is 35.8 Å². The number of nitrogens with zero attached hydrogens (tertiary/aromatic N) is 2. The van der Waals surface area contributed by atoms with Crippen molar-refractivity contribution in [3.05, 3.63) is 22.9 Å². The summed E-state index contributed by atoms with van der Waals surface area (Å²) in [4.78, 5) is 18.3. The fourth-order valence-electron chi connectivity index (χ4n) is 2.36. The molecule has 5 nitrogen and oxygen atoms in total. The summed E-state index contributed by atoms with van der Waals surface area (Å²) in [5.41, 5.74) is 0.613. The average Bonchev–Trinajstić information content (AvgIpc) is 2.37. The summed E-state index contributed by atoms with van der Waals surface area (Å²) in [7, 11) is 0. The molecule has 0 spiro atoms. The number of ether oxygens (including phenoxy) is 1. The Labute approximate surface area is 134 Å². The zero-order chi connectivity index (χ0) is 15.5. The van der Waals surface area contributed by atoms with Crippen molar-refractivity contribution in [2.45, 2.75) is 45.3 Å². The van der Waals surface area contributed by atoms with E-state index in [1.54, 1.807) is 0 Å². The van der Waals surface area contributed by atoms with Gasteiger partial charge in [0, 0.05) is 19.1 Å². The fourth-order valence-corrected chi connectivity index (χ4v) is 2.59. The highest BCUT2D eigenvalue weighted by Crippen LogP contribution is 2.20. The molecule has 6 heteroatoms. The van der Waals surface area contributed by atoms with Crippen molar-refractivity contribution in [1.29, 1.82) is 0 Å². The zero-order valence-corrected chi connectivity index (χ0v) is 14.3. The third-order valence-corrected chi connectivity index (χ3v) is 3.69. The van der Waals surface area contributed by atoms with E-state index in [-0.39, 0.29) is 12.1 Å². The molecule has 116 valence electrons. The van der Waals surface area contributed by atoms with E-state index in [4.69, 9.17) is 4.74 Å². The molecule has 1 aliphatic rings. The monoisotopic (exact) mass is 355 g/mol. The highest BCUT2D eigenvalue weighted by atomic mass is 79.9. The summed E-state index contributed by atoms with van der Waals surface area (Å²) in [6.45, 7) is 7.37. The van der Waals surface area contributed by atoms with Crippen LogP contribution in [0.25, 0.3) is 0 Å². The van der Waals surface area contributed by atoms with E-state index in [1.807, 2.05) is 39.1 Å². The minimum Gasteiger partial charge on any atom is -0.444 e. The quantitative estimate of drug-likeness (QED) is 0.826. The third kappa shape index (κ3) is 5.19. The Balaban J connectivity index is 1.91. The molecule has 0 aliphatic carbocycles. The number of alkyl carbamates (subject to hydrolysis) is 1. The van der Waals surface area contributed by atoms with Crippen LogP contribution >= 0.6 is 15.9 Å². The van der Waals surface area contributed by atoms with Gasteiger partial charge in [0.25, 0.3) is 0 Å². The van der Waals surface area contributed by atoms with Gasteiger partial charge in [0.05, 0.1) is 11.9 Å². The van der Waals surface area contributed by atoms with E-state index in [0.29, 0.717) is 0 Å². The number of nitrogens with one attached hydrogen (secondary N) is 1. The van der Waals surface area contributed by atoms with Gasteiger partial charge in [-0.1, -0.05) is 0 Å². The van der Waals surface area contributed by atoms with Crippen LogP contribution in [0.2, 0.25) is 0 Å². The number of amides is 1. The van der Waals surface area contributed by atoms with Gasteiger partial charge in [-0.05, 0) is 61.7 Å². The molecule has 0 bridgehead atoms. The summed E-state index contributed by atoms with van der Waals surface area (Å²) in [6.07, 6.45) is 3.51. The van der Waals surface area contributed by atoms with E-state index in [0.717, 1.165) is 36.2 Å². The number of pyridine rings is 1. The Kier molecular flexibility index (Phi) is 5.08. The lowest BCUT2D eigenvalue weighted by molar-refractivity contribution is 0.0500. The molecule has 1 aromatic rings. The molecule has 0 aromatic carbocycles. The molecule has 1 N–H and O–H groups in total. The second-order valence-corrected chi connectivity index (χ2v) is 7.08. The van der Waals surface area contributed by atoms with Crippen LogP contribution in [0.15, 0.2) is 22.9 Å². The van der Waals surface area contributed by atoms with Gasteiger partial charge in [-0.2, -0.15) is 0 Å². The lowest BCUT2D eigenvalue weighted by atomic mass is 10.1. The van der Waals surface area contributed by atoms with Gasteiger partial charge in [-0.15, -0.1) is 0 Å². The Hall–Kier alpha value is -1.30. The van der Waals surface area contributed by atoms with E-state index in [1.165, 1.54) is 0 Å². The van der Waals surface area contributed by atoms with Crippen molar-refractivity contribution >= 4 is 27.7 Å². The van der Waals surface area contributed by atoms with Crippen molar-refractivity contribution in [3.63, 3.8) is 0 Å². The van der Waals surface area contributed by atoms with Crippen molar-refractivity contribution < 1.29 is 9.53 Å². The number of aromatic nitrogens is 1. The first kappa shape index (κ1) is 16.1. The molecular weight excluding hydrogens is 334 g/mol. The third-order valence-electron chi connectivity index (χ3n) is 3.22. The first-order valence-electron chi connectivity index (χ1n) is 7.19. The highest BCUT2D eigenvalue weighted by molar-refractivity contribution is 9.10. The maximum atomic E-state index is 11.8. The molecule has 1 aliphatic heterocycles. The van der Waals surface area contributed by atoms with Crippen LogP contribution in [0.4, 0.5) is 10.5 Å². The number of anilines is 1. The lowest BCUT2D eigenvalue weighted by Gasteiger charge is -2.34. The maximum Gasteiger partial charge on any atom is 0.407 e.